The molecule has 5 nitrogen and oxygen atoms in total. The van der Waals surface area contributed by atoms with Crippen molar-refractivity contribution >= 4 is 11.9 Å². The number of rotatable bonds is 4. The van der Waals surface area contributed by atoms with Crippen LogP contribution < -0.4 is 0 Å². The number of benzene rings is 1. The molecule has 1 aromatic heterocycles. The minimum Gasteiger partial charge on any atom is -0.477 e. The Morgan fingerprint density at radius 3 is 2.54 bits per heavy atom. The Balaban J connectivity index is 1.81. The van der Waals surface area contributed by atoms with E-state index in [1.54, 1.807) is 12.1 Å². The van der Waals surface area contributed by atoms with Crippen LogP contribution in [0.5, 0.6) is 0 Å². The Kier molecular flexibility index (Phi) is 4.89. The lowest BCUT2D eigenvalue weighted by molar-refractivity contribution is 0.0607. The number of carbonyl (C=O) groups is 2. The van der Waals surface area contributed by atoms with Crippen molar-refractivity contribution in [2.45, 2.75) is 31.7 Å². The number of hydrogen-bond acceptors (Lipinski definition) is 3. The van der Waals surface area contributed by atoms with Gasteiger partial charge in [-0.3, -0.25) is 4.79 Å². The minimum atomic E-state index is -1.12. The molecule has 1 amide bonds. The molecule has 3 rings (SSSR count). The molecule has 1 N–H and O–H groups in total. The summed E-state index contributed by atoms with van der Waals surface area (Å²) in [5, 5.41) is 9.06. The normalized spacial score (nSPS) is 17.5. The van der Waals surface area contributed by atoms with Gasteiger partial charge in [0.25, 0.3) is 5.91 Å². The van der Waals surface area contributed by atoms with Gasteiger partial charge in [-0.05, 0) is 43.4 Å². The van der Waals surface area contributed by atoms with Gasteiger partial charge in [0.2, 0.25) is 0 Å². The standard InChI is InChI=1S/C19H20N2O3/c22-18(16-10-6-11-17(20-16)19(23)24)21-12-5-4-9-15(21)13-14-7-2-1-3-8-14/h1-3,6-8,10-11,15H,4-5,9,12-13H2,(H,23,24). The predicted molar refractivity (Wildman–Crippen MR) is 90.0 cm³/mol. The van der Waals surface area contributed by atoms with Gasteiger partial charge in [0.05, 0.1) is 0 Å². The zero-order chi connectivity index (χ0) is 16.9. The van der Waals surface area contributed by atoms with Gasteiger partial charge in [0.1, 0.15) is 11.4 Å². The molecular weight excluding hydrogens is 304 g/mol. The first-order valence-electron chi connectivity index (χ1n) is 8.20. The highest BCUT2D eigenvalue weighted by Gasteiger charge is 2.28. The number of hydrogen-bond donors (Lipinski definition) is 1. The molecule has 2 heterocycles. The lowest BCUT2D eigenvalue weighted by atomic mass is 9.95. The zero-order valence-electron chi connectivity index (χ0n) is 13.4. The van der Waals surface area contributed by atoms with Gasteiger partial charge in [-0.25, -0.2) is 9.78 Å². The molecule has 1 aliphatic rings. The third-order valence-corrected chi connectivity index (χ3v) is 4.39. The lowest BCUT2D eigenvalue weighted by Gasteiger charge is -2.35. The first kappa shape index (κ1) is 16.2. The molecule has 24 heavy (non-hydrogen) atoms. The number of nitrogens with zero attached hydrogens (tertiary/aromatic N) is 2. The number of carbonyl (C=O) groups excluding carboxylic acids is 1. The average Bonchev–Trinajstić information content (AvgIpc) is 2.62. The fraction of sp³-hybridized carbons (Fsp3) is 0.316. The Hall–Kier alpha value is -2.69. The third kappa shape index (κ3) is 3.62. The highest BCUT2D eigenvalue weighted by molar-refractivity contribution is 5.94. The molecule has 0 spiro atoms. The van der Waals surface area contributed by atoms with Crippen molar-refractivity contribution < 1.29 is 14.7 Å². The van der Waals surface area contributed by atoms with Crippen LogP contribution in [0.4, 0.5) is 0 Å². The monoisotopic (exact) mass is 324 g/mol. The molecule has 0 bridgehead atoms. The van der Waals surface area contributed by atoms with Gasteiger partial charge in [0, 0.05) is 12.6 Å². The maximum absolute atomic E-state index is 12.8. The molecule has 1 aromatic carbocycles. The number of aromatic nitrogens is 1. The van der Waals surface area contributed by atoms with E-state index in [0.29, 0.717) is 6.54 Å². The van der Waals surface area contributed by atoms with Crippen LogP contribution in [0.15, 0.2) is 48.5 Å². The Labute approximate surface area is 140 Å². The van der Waals surface area contributed by atoms with Crippen molar-refractivity contribution in [2.24, 2.45) is 0 Å². The van der Waals surface area contributed by atoms with Crippen LogP contribution in [0.25, 0.3) is 0 Å². The number of carboxylic acids is 1. The summed E-state index contributed by atoms with van der Waals surface area (Å²) < 4.78 is 0. The molecule has 0 saturated carbocycles. The van der Waals surface area contributed by atoms with E-state index in [1.165, 1.54) is 11.6 Å². The second kappa shape index (κ2) is 7.25. The van der Waals surface area contributed by atoms with Crippen molar-refractivity contribution in [1.82, 2.24) is 9.88 Å². The van der Waals surface area contributed by atoms with E-state index in [9.17, 15) is 9.59 Å². The number of aromatic carboxylic acids is 1. The molecule has 1 saturated heterocycles. The van der Waals surface area contributed by atoms with Crippen LogP contribution >= 0.6 is 0 Å². The number of carboxylic acid groups (broad SMARTS) is 1. The van der Waals surface area contributed by atoms with Crippen molar-refractivity contribution in [3.05, 3.63) is 65.5 Å². The number of likely N-dealkylation sites (tertiary alicyclic amines) is 1. The number of amides is 1. The fourth-order valence-electron chi connectivity index (χ4n) is 3.19. The van der Waals surface area contributed by atoms with E-state index in [-0.39, 0.29) is 23.3 Å². The lowest BCUT2D eigenvalue weighted by Crippen LogP contribution is -2.45. The summed E-state index contributed by atoms with van der Waals surface area (Å²) in [5.74, 6) is -1.30. The van der Waals surface area contributed by atoms with Crippen molar-refractivity contribution in [3.8, 4) is 0 Å². The summed E-state index contributed by atoms with van der Waals surface area (Å²) in [7, 11) is 0. The second-order valence-electron chi connectivity index (χ2n) is 6.05. The SMILES string of the molecule is O=C(O)c1cccc(C(=O)N2CCCCC2Cc2ccccc2)n1. The number of piperidine rings is 1. The summed E-state index contributed by atoms with van der Waals surface area (Å²) in [4.78, 5) is 29.8. The van der Waals surface area contributed by atoms with Gasteiger partial charge >= 0.3 is 5.97 Å². The van der Waals surface area contributed by atoms with Crippen LogP contribution in [0.3, 0.4) is 0 Å². The van der Waals surface area contributed by atoms with Crippen molar-refractivity contribution in [3.63, 3.8) is 0 Å². The summed E-state index contributed by atoms with van der Waals surface area (Å²) in [6.07, 6.45) is 3.84. The maximum atomic E-state index is 12.8. The highest BCUT2D eigenvalue weighted by Crippen LogP contribution is 2.22. The van der Waals surface area contributed by atoms with E-state index in [1.807, 2.05) is 23.1 Å². The summed E-state index contributed by atoms with van der Waals surface area (Å²) in [6.45, 7) is 0.690. The van der Waals surface area contributed by atoms with E-state index < -0.39 is 5.97 Å². The summed E-state index contributed by atoms with van der Waals surface area (Å²) in [5.41, 5.74) is 1.31. The molecule has 0 aliphatic carbocycles. The first-order valence-corrected chi connectivity index (χ1v) is 8.20. The maximum Gasteiger partial charge on any atom is 0.354 e. The third-order valence-electron chi connectivity index (χ3n) is 4.39. The van der Waals surface area contributed by atoms with Gasteiger partial charge in [-0.15, -0.1) is 0 Å². The van der Waals surface area contributed by atoms with E-state index in [4.69, 9.17) is 5.11 Å². The predicted octanol–water partition coefficient (Wildman–Crippen LogP) is 3.02. The molecule has 0 radical (unpaired) electrons. The fourth-order valence-corrected chi connectivity index (χ4v) is 3.19. The Bertz CT molecular complexity index is 730. The molecule has 5 heteroatoms. The van der Waals surface area contributed by atoms with E-state index in [0.717, 1.165) is 25.7 Å². The molecule has 1 atom stereocenters. The quantitative estimate of drug-likeness (QED) is 0.938. The molecule has 1 unspecified atom stereocenters. The highest BCUT2D eigenvalue weighted by atomic mass is 16.4. The van der Waals surface area contributed by atoms with E-state index in [2.05, 4.69) is 17.1 Å². The largest absolute Gasteiger partial charge is 0.477 e. The topological polar surface area (TPSA) is 70.5 Å². The van der Waals surface area contributed by atoms with Gasteiger partial charge in [0.15, 0.2) is 0 Å². The van der Waals surface area contributed by atoms with E-state index >= 15 is 0 Å². The van der Waals surface area contributed by atoms with Gasteiger partial charge in [-0.2, -0.15) is 0 Å². The summed E-state index contributed by atoms with van der Waals surface area (Å²) >= 11 is 0. The second-order valence-corrected chi connectivity index (χ2v) is 6.05. The van der Waals surface area contributed by atoms with Crippen molar-refractivity contribution in [2.75, 3.05) is 6.54 Å². The van der Waals surface area contributed by atoms with Crippen LogP contribution in [-0.4, -0.2) is 39.5 Å². The van der Waals surface area contributed by atoms with Crippen LogP contribution in [0, 0.1) is 0 Å². The Morgan fingerprint density at radius 1 is 1.04 bits per heavy atom. The first-order chi connectivity index (χ1) is 11.6. The van der Waals surface area contributed by atoms with Gasteiger partial charge in [-0.1, -0.05) is 36.4 Å². The van der Waals surface area contributed by atoms with Crippen LogP contribution in [-0.2, 0) is 6.42 Å². The summed E-state index contributed by atoms with van der Waals surface area (Å²) in [6, 6.07) is 14.8. The molecular formula is C19H20N2O3. The van der Waals surface area contributed by atoms with Crippen molar-refractivity contribution in [1.29, 1.82) is 0 Å². The number of pyridine rings is 1. The smallest absolute Gasteiger partial charge is 0.354 e. The molecule has 124 valence electrons. The Morgan fingerprint density at radius 2 is 1.79 bits per heavy atom. The molecule has 1 fully saturated rings. The molecule has 1 aliphatic heterocycles. The van der Waals surface area contributed by atoms with Gasteiger partial charge < -0.3 is 10.0 Å². The minimum absolute atomic E-state index is 0.0996. The average molecular weight is 324 g/mol. The van der Waals surface area contributed by atoms with Crippen LogP contribution in [0.2, 0.25) is 0 Å². The molecule has 2 aromatic rings. The van der Waals surface area contributed by atoms with Crippen LogP contribution in [0.1, 0.15) is 45.8 Å². The zero-order valence-corrected chi connectivity index (χ0v) is 13.4.